The number of imidazole rings is 1. The van der Waals surface area contributed by atoms with Gasteiger partial charge in [-0.1, -0.05) is 0 Å². The van der Waals surface area contributed by atoms with Crippen LogP contribution in [-0.2, 0) is 21.4 Å². The zero-order valence-corrected chi connectivity index (χ0v) is 24.6. The van der Waals surface area contributed by atoms with E-state index in [0.717, 1.165) is 4.68 Å². The molecule has 0 spiro atoms. The monoisotopic (exact) mass is 618 g/mol. The van der Waals surface area contributed by atoms with Gasteiger partial charge in [-0.15, -0.1) is 8.78 Å². The summed E-state index contributed by atoms with van der Waals surface area (Å²) in [6, 6.07) is 8.28. The first-order chi connectivity index (χ1) is 20.1. The Labute approximate surface area is 244 Å². The summed E-state index contributed by atoms with van der Waals surface area (Å²) in [4.78, 5) is 34.7. The molecule has 5 rings (SSSR count). The van der Waals surface area contributed by atoms with Crippen LogP contribution in [0.1, 0.15) is 27.7 Å². The number of nitrogens with one attached hydrogen (secondary N) is 2. The summed E-state index contributed by atoms with van der Waals surface area (Å²) in [5.74, 6) is -0.918. The molecule has 13 nitrogen and oxygen atoms in total. The third kappa shape index (κ3) is 5.87. The van der Waals surface area contributed by atoms with E-state index in [1.54, 1.807) is 33.8 Å². The number of fused-ring (bicyclic) bond motifs is 2. The fourth-order valence-electron chi connectivity index (χ4n) is 4.60. The molecule has 43 heavy (non-hydrogen) atoms. The summed E-state index contributed by atoms with van der Waals surface area (Å²) in [7, 11) is -2.71. The summed E-state index contributed by atoms with van der Waals surface area (Å²) in [5, 5.41) is 4.41. The Kier molecular flexibility index (Phi) is 7.38. The number of nitrogens with zero attached hydrogens (tertiary/aromatic N) is 4. The van der Waals surface area contributed by atoms with Crippen molar-refractivity contribution in [2.24, 2.45) is 0 Å². The van der Waals surface area contributed by atoms with Crippen LogP contribution in [0.2, 0.25) is 0 Å². The molecule has 0 aliphatic carbocycles. The van der Waals surface area contributed by atoms with Crippen LogP contribution in [0.25, 0.3) is 22.3 Å². The van der Waals surface area contributed by atoms with E-state index < -0.39 is 39.9 Å². The van der Waals surface area contributed by atoms with Crippen molar-refractivity contribution in [3.05, 3.63) is 53.1 Å². The van der Waals surface area contributed by atoms with E-state index in [4.69, 9.17) is 4.74 Å². The van der Waals surface area contributed by atoms with Crippen LogP contribution in [0.4, 0.5) is 14.5 Å². The number of benzene rings is 2. The number of sulfonamides is 1. The summed E-state index contributed by atoms with van der Waals surface area (Å²) in [6.45, 7) is 6.34. The molecule has 0 fully saturated rings. The van der Waals surface area contributed by atoms with Gasteiger partial charge in [-0.05, 0) is 58.0 Å². The minimum Gasteiger partial charge on any atom is -0.495 e. The molecular formula is C27H28F2N6O7S. The second kappa shape index (κ2) is 10.6. The van der Waals surface area contributed by atoms with E-state index in [1.165, 1.54) is 48.7 Å². The summed E-state index contributed by atoms with van der Waals surface area (Å²) in [6.07, 6.45) is -2.54. The van der Waals surface area contributed by atoms with E-state index in [2.05, 4.69) is 29.3 Å². The van der Waals surface area contributed by atoms with E-state index in [0.29, 0.717) is 5.56 Å². The van der Waals surface area contributed by atoms with Gasteiger partial charge in [0.05, 0.1) is 19.0 Å². The lowest BCUT2D eigenvalue weighted by molar-refractivity contribution is -0.286. The van der Waals surface area contributed by atoms with Crippen molar-refractivity contribution < 1.29 is 36.2 Å². The first-order valence-corrected chi connectivity index (χ1v) is 14.5. The van der Waals surface area contributed by atoms with Crippen LogP contribution in [0.3, 0.4) is 0 Å². The number of likely N-dealkylation sites (N-methyl/N-ethyl adjacent to an activating group) is 1. The lowest BCUT2D eigenvalue weighted by Crippen LogP contribution is -2.40. The van der Waals surface area contributed by atoms with Gasteiger partial charge in [-0.2, -0.15) is 5.10 Å². The number of halogens is 2. The van der Waals surface area contributed by atoms with Gasteiger partial charge in [0.15, 0.2) is 17.0 Å². The third-order valence-corrected chi connectivity index (χ3v) is 8.08. The highest BCUT2D eigenvalue weighted by Crippen LogP contribution is 2.43. The lowest BCUT2D eigenvalue weighted by Gasteiger charge is -2.22. The lowest BCUT2D eigenvalue weighted by atomic mass is 10.1. The number of methoxy groups -OCH3 is 1. The number of hydrogen-bond acceptors (Lipinski definition) is 9. The van der Waals surface area contributed by atoms with Crippen molar-refractivity contribution >= 4 is 32.7 Å². The maximum atomic E-state index is 13.5. The second-order valence-corrected chi connectivity index (χ2v) is 12.2. The summed E-state index contributed by atoms with van der Waals surface area (Å²) in [5.41, 5.74) is -0.567. The van der Waals surface area contributed by atoms with Gasteiger partial charge in [0.2, 0.25) is 15.9 Å². The number of amides is 1. The van der Waals surface area contributed by atoms with Crippen LogP contribution in [0.15, 0.2) is 52.4 Å². The molecule has 2 aromatic heterocycles. The first kappa shape index (κ1) is 29.9. The molecule has 4 aromatic rings. The van der Waals surface area contributed by atoms with Gasteiger partial charge in [-0.25, -0.2) is 22.8 Å². The van der Waals surface area contributed by atoms with Gasteiger partial charge in [0.25, 0.3) is 5.56 Å². The van der Waals surface area contributed by atoms with Gasteiger partial charge < -0.3 is 24.1 Å². The van der Waals surface area contributed by atoms with Crippen molar-refractivity contribution in [2.45, 2.75) is 51.0 Å². The number of rotatable bonds is 8. The maximum Gasteiger partial charge on any atom is 0.586 e. The quantitative estimate of drug-likeness (QED) is 0.302. The van der Waals surface area contributed by atoms with Gasteiger partial charge in [0.1, 0.15) is 22.9 Å². The Hall–Kier alpha value is -4.57. The molecule has 0 saturated carbocycles. The van der Waals surface area contributed by atoms with Crippen molar-refractivity contribution in [1.29, 1.82) is 0 Å². The maximum absolute atomic E-state index is 13.5. The molecule has 0 unspecified atom stereocenters. The fourth-order valence-corrected chi connectivity index (χ4v) is 6.21. The Morgan fingerprint density at radius 3 is 2.56 bits per heavy atom. The largest absolute Gasteiger partial charge is 0.586 e. The van der Waals surface area contributed by atoms with Crippen LogP contribution < -0.4 is 29.4 Å². The number of anilines is 1. The second-order valence-electron chi connectivity index (χ2n) is 10.6. The number of H-pyrrole nitrogens is 1. The average Bonchev–Trinajstić information content (AvgIpc) is 3.52. The number of carbonyl (C=O) groups is 1. The smallest absolute Gasteiger partial charge is 0.495 e. The molecule has 0 atom stereocenters. The third-order valence-electron chi connectivity index (χ3n) is 6.30. The highest BCUT2D eigenvalue weighted by atomic mass is 32.2. The molecule has 2 N–H and O–H groups in total. The molecule has 0 saturated heterocycles. The van der Waals surface area contributed by atoms with Crippen LogP contribution >= 0.6 is 0 Å². The fraction of sp³-hybridized carbons (Fsp3) is 0.333. The van der Waals surface area contributed by atoms with Crippen molar-refractivity contribution in [1.82, 2.24) is 24.5 Å². The molecular weight excluding hydrogens is 590 g/mol. The Morgan fingerprint density at radius 2 is 1.88 bits per heavy atom. The average molecular weight is 619 g/mol. The summed E-state index contributed by atoms with van der Waals surface area (Å²) < 4.78 is 71.2. The SMILES string of the molecule is CCN(C(=O)Cn1nc(-c2ccc(OC)c(S(=O)(=O)NC(C)(C)C)c2)c2[nH]cnc2c1=O)c1ccc2c(c1)OC(F)(F)O2. The van der Waals surface area contributed by atoms with E-state index >= 15 is 0 Å². The van der Waals surface area contributed by atoms with Gasteiger partial charge in [0, 0.05) is 29.4 Å². The van der Waals surface area contributed by atoms with E-state index in [1.807, 2.05) is 0 Å². The number of aromatic nitrogens is 4. The number of carbonyl (C=O) groups excluding carboxylic acids is 1. The van der Waals surface area contributed by atoms with E-state index in [-0.39, 0.29) is 51.1 Å². The normalized spacial score (nSPS) is 14.2. The van der Waals surface area contributed by atoms with Crippen molar-refractivity contribution in [3.63, 3.8) is 0 Å². The van der Waals surface area contributed by atoms with Gasteiger partial charge >= 0.3 is 6.29 Å². The molecule has 1 aliphatic rings. The summed E-state index contributed by atoms with van der Waals surface area (Å²) >= 11 is 0. The molecule has 2 aromatic carbocycles. The predicted octanol–water partition coefficient (Wildman–Crippen LogP) is 3.25. The first-order valence-electron chi connectivity index (χ1n) is 13.0. The van der Waals surface area contributed by atoms with Crippen molar-refractivity contribution in [3.8, 4) is 28.5 Å². The Morgan fingerprint density at radius 1 is 1.16 bits per heavy atom. The van der Waals surface area contributed by atoms with Crippen LogP contribution in [0.5, 0.6) is 17.2 Å². The number of alkyl halides is 2. The van der Waals surface area contributed by atoms with Crippen LogP contribution in [-0.4, -0.2) is 59.6 Å². The highest BCUT2D eigenvalue weighted by Gasteiger charge is 2.43. The van der Waals surface area contributed by atoms with Gasteiger partial charge in [-0.3, -0.25) is 9.59 Å². The minimum absolute atomic E-state index is 0.0285. The molecule has 1 aliphatic heterocycles. The zero-order valence-electron chi connectivity index (χ0n) is 23.8. The molecule has 0 radical (unpaired) electrons. The molecule has 1 amide bonds. The minimum atomic E-state index is -4.05. The molecule has 3 heterocycles. The number of ether oxygens (including phenoxy) is 3. The Bertz CT molecular complexity index is 1900. The number of hydrogen-bond donors (Lipinski definition) is 2. The topological polar surface area (TPSA) is 158 Å². The number of aromatic amines is 1. The Balaban J connectivity index is 1.54. The molecule has 16 heteroatoms. The van der Waals surface area contributed by atoms with Crippen molar-refractivity contribution in [2.75, 3.05) is 18.6 Å². The van der Waals surface area contributed by atoms with E-state index in [9.17, 15) is 26.8 Å². The van der Waals surface area contributed by atoms with Crippen LogP contribution in [0, 0.1) is 0 Å². The highest BCUT2D eigenvalue weighted by molar-refractivity contribution is 7.89. The molecule has 228 valence electrons. The molecule has 0 bridgehead atoms. The standard InChI is InChI=1S/C27H28F2N6O7S/c1-6-34(16-8-10-17-19(12-16)42-27(28,29)41-17)21(36)13-35-25(37)24-23(30-14-31-24)22(32-35)15-7-9-18(40-5)20(11-15)43(38,39)33-26(2,3)4/h7-12,14,33H,6,13H2,1-5H3,(H,30,31). The predicted molar refractivity (Wildman–Crippen MR) is 151 cm³/mol. The zero-order chi connectivity index (χ0) is 31.3.